The fourth-order valence-electron chi connectivity index (χ4n) is 6.83. The molecule has 1 fully saturated rings. The summed E-state index contributed by atoms with van der Waals surface area (Å²) < 4.78 is 0. The number of rotatable bonds is 19. The van der Waals surface area contributed by atoms with Gasteiger partial charge in [-0.25, -0.2) is 0 Å². The number of aromatic hydroxyl groups is 2. The summed E-state index contributed by atoms with van der Waals surface area (Å²) in [5.41, 5.74) is 15.1. The molecule has 0 saturated carbocycles. The predicted molar refractivity (Wildman–Crippen MR) is 219 cm³/mol. The van der Waals surface area contributed by atoms with Gasteiger partial charge in [-0.3, -0.25) is 33.6 Å². The molecular formula is C42H54N8O10. The molecule has 0 radical (unpaired) electrons. The first-order chi connectivity index (χ1) is 28.5. The average molecular weight is 831 g/mol. The van der Waals surface area contributed by atoms with E-state index in [9.17, 15) is 48.9 Å². The van der Waals surface area contributed by atoms with Gasteiger partial charge in [-0.05, 0) is 92.1 Å². The van der Waals surface area contributed by atoms with Crippen LogP contribution in [0.5, 0.6) is 11.5 Å². The van der Waals surface area contributed by atoms with Gasteiger partial charge in [0.25, 0.3) is 0 Å². The highest BCUT2D eigenvalue weighted by Gasteiger charge is 2.39. The van der Waals surface area contributed by atoms with Crippen molar-refractivity contribution in [3.8, 4) is 11.5 Å². The number of amides is 7. The quantitative estimate of drug-likeness (QED) is 0.0671. The lowest BCUT2D eigenvalue weighted by Crippen LogP contribution is -2.58. The molecule has 3 aromatic carbocycles. The monoisotopic (exact) mass is 830 g/mol. The number of nitrogens with one attached hydrogen (secondary N) is 5. The number of aliphatic hydroxyl groups is 1. The molecule has 1 saturated heterocycles. The van der Waals surface area contributed by atoms with Gasteiger partial charge < -0.3 is 58.3 Å². The van der Waals surface area contributed by atoms with E-state index in [1.54, 1.807) is 24.3 Å². The van der Waals surface area contributed by atoms with Gasteiger partial charge in [-0.2, -0.15) is 0 Å². The summed E-state index contributed by atoms with van der Waals surface area (Å²) in [6.07, 6.45) is 0.788. The first-order valence-electron chi connectivity index (χ1n) is 19.5. The molecule has 1 aliphatic rings. The second kappa shape index (κ2) is 21.5. The molecule has 1 heterocycles. The van der Waals surface area contributed by atoms with Crippen molar-refractivity contribution in [1.82, 2.24) is 31.5 Å². The molecular weight excluding hydrogens is 777 g/mol. The van der Waals surface area contributed by atoms with Crippen molar-refractivity contribution in [2.24, 2.45) is 11.5 Å². The van der Waals surface area contributed by atoms with Gasteiger partial charge in [-0.1, -0.05) is 42.5 Å². The first kappa shape index (κ1) is 46.2. The van der Waals surface area contributed by atoms with Gasteiger partial charge in [-0.15, -0.1) is 0 Å². The van der Waals surface area contributed by atoms with Crippen LogP contribution in [0, 0.1) is 13.8 Å². The molecule has 1 aliphatic heterocycles. The summed E-state index contributed by atoms with van der Waals surface area (Å²) in [5, 5.41) is 41.6. The van der Waals surface area contributed by atoms with Crippen LogP contribution in [0.25, 0.3) is 0 Å². The summed E-state index contributed by atoms with van der Waals surface area (Å²) in [4.78, 5) is 93.7. The number of phenols is 2. The number of aryl methyl sites for hydroxylation is 2. The third-order valence-electron chi connectivity index (χ3n) is 10.3. The van der Waals surface area contributed by atoms with Gasteiger partial charge >= 0.3 is 0 Å². The number of likely N-dealkylation sites (tertiary alicyclic amines) is 1. The number of hydrogen-bond donors (Lipinski definition) is 10. The molecule has 6 atom stereocenters. The van der Waals surface area contributed by atoms with Crippen LogP contribution < -0.4 is 38.1 Å². The number of benzene rings is 3. The molecule has 18 heteroatoms. The zero-order chi connectivity index (χ0) is 44.1. The summed E-state index contributed by atoms with van der Waals surface area (Å²) in [6, 6.07) is 10.7. The highest BCUT2D eigenvalue weighted by Crippen LogP contribution is 2.21. The predicted octanol–water partition coefficient (Wildman–Crippen LogP) is -1.39. The van der Waals surface area contributed by atoms with E-state index in [2.05, 4.69) is 26.6 Å². The van der Waals surface area contributed by atoms with Crippen LogP contribution in [-0.2, 0) is 52.8 Å². The van der Waals surface area contributed by atoms with Crippen molar-refractivity contribution in [1.29, 1.82) is 0 Å². The second-order valence-electron chi connectivity index (χ2n) is 14.9. The molecule has 0 bridgehead atoms. The maximum atomic E-state index is 14.0. The molecule has 0 aromatic heterocycles. The Labute approximate surface area is 347 Å². The molecule has 12 N–H and O–H groups in total. The normalized spacial score (nSPS) is 16.0. The molecule has 322 valence electrons. The lowest BCUT2D eigenvalue weighted by molar-refractivity contribution is -0.142. The molecule has 3 aromatic rings. The molecule has 0 aliphatic carbocycles. The van der Waals surface area contributed by atoms with E-state index in [0.717, 1.165) is 16.7 Å². The van der Waals surface area contributed by atoms with E-state index in [1.807, 2.05) is 32.0 Å². The highest BCUT2D eigenvalue weighted by atomic mass is 16.3. The van der Waals surface area contributed by atoms with E-state index >= 15 is 0 Å². The molecule has 60 heavy (non-hydrogen) atoms. The summed E-state index contributed by atoms with van der Waals surface area (Å²) in [7, 11) is 0. The van der Waals surface area contributed by atoms with E-state index < -0.39 is 90.8 Å². The van der Waals surface area contributed by atoms with Gasteiger partial charge in [0.05, 0.1) is 19.2 Å². The van der Waals surface area contributed by atoms with Crippen molar-refractivity contribution >= 4 is 41.4 Å². The van der Waals surface area contributed by atoms with E-state index in [0.29, 0.717) is 17.5 Å². The maximum absolute atomic E-state index is 14.0. The Hall–Kier alpha value is -6.53. The average Bonchev–Trinajstić information content (AvgIpc) is 3.71. The lowest BCUT2D eigenvalue weighted by atomic mass is 9.96. The van der Waals surface area contributed by atoms with E-state index in [1.165, 1.54) is 36.1 Å². The number of hydrogen-bond acceptors (Lipinski definition) is 11. The van der Waals surface area contributed by atoms with Crippen molar-refractivity contribution in [2.75, 3.05) is 19.7 Å². The number of aliphatic hydroxyl groups excluding tert-OH is 1. The molecule has 0 spiro atoms. The zero-order valence-electron chi connectivity index (χ0n) is 33.8. The second-order valence-corrected chi connectivity index (χ2v) is 14.9. The fourth-order valence-corrected chi connectivity index (χ4v) is 6.83. The van der Waals surface area contributed by atoms with Crippen LogP contribution in [0.2, 0.25) is 0 Å². The first-order valence-corrected chi connectivity index (χ1v) is 19.5. The van der Waals surface area contributed by atoms with Gasteiger partial charge in [0.1, 0.15) is 41.7 Å². The van der Waals surface area contributed by atoms with Crippen LogP contribution in [0.3, 0.4) is 0 Å². The van der Waals surface area contributed by atoms with Crippen LogP contribution >= 0.6 is 0 Å². The van der Waals surface area contributed by atoms with Crippen LogP contribution in [0.4, 0.5) is 0 Å². The Morgan fingerprint density at radius 1 is 0.733 bits per heavy atom. The summed E-state index contributed by atoms with van der Waals surface area (Å²) >= 11 is 0. The fraction of sp³-hybridized carbons (Fsp3) is 0.405. The van der Waals surface area contributed by atoms with Crippen molar-refractivity contribution < 1.29 is 48.9 Å². The number of primary amides is 1. The minimum absolute atomic E-state index is 0.0222. The maximum Gasteiger partial charge on any atom is 0.246 e. The minimum Gasteiger partial charge on any atom is -0.508 e. The number of nitrogens with zero attached hydrogens (tertiary/aromatic N) is 1. The minimum atomic E-state index is -1.36. The summed E-state index contributed by atoms with van der Waals surface area (Å²) in [6.45, 7) is 3.94. The van der Waals surface area contributed by atoms with Gasteiger partial charge in [0.15, 0.2) is 0 Å². The molecule has 7 amide bonds. The van der Waals surface area contributed by atoms with Gasteiger partial charge in [0, 0.05) is 19.4 Å². The van der Waals surface area contributed by atoms with Crippen LogP contribution in [0.15, 0.2) is 66.7 Å². The number of carbonyl (C=O) groups excluding carboxylic acids is 7. The SMILES string of the molecule is Cc1cccc(C)c1C[C@@H](NC(=O)[C@@H](C)NC(=O)[C@@H](N)Cc1ccc(O)cc1)C(=O)NCC(=O)N[C@@H](Cc1ccc(O)cc1)C(=O)N1CCC[C@H]1C(=O)N[C@@H](CO)C(N)=O. The number of nitrogens with two attached hydrogens (primary N) is 2. The third-order valence-corrected chi connectivity index (χ3v) is 10.3. The molecule has 18 nitrogen and oxygen atoms in total. The van der Waals surface area contributed by atoms with Crippen LogP contribution in [0.1, 0.15) is 47.6 Å². The van der Waals surface area contributed by atoms with Crippen molar-refractivity contribution in [2.45, 2.75) is 89.1 Å². The molecule has 4 rings (SSSR count). The highest BCUT2D eigenvalue weighted by molar-refractivity contribution is 5.96. The standard InChI is InChI=1S/C42H54N8O10/c1-23-6-4-7-24(2)30(23)20-32(48-38(56)25(3)46-39(57)31(43)18-26-9-13-28(52)14-10-26)40(58)45-21-36(54)47-33(19-27-11-15-29(53)16-12-27)42(60)50-17-5-8-35(50)41(59)49-34(22-51)37(44)55/h4,6-7,9-16,25,31-35,51-53H,5,8,17-22,43H2,1-3H3,(H2,44,55)(H,45,58)(H,46,57)(H,47,54)(H,48,56)(H,49,59)/t25-,31+,32-,33+,34+,35+/m1/s1. The smallest absolute Gasteiger partial charge is 0.246 e. The lowest BCUT2D eigenvalue weighted by Gasteiger charge is -2.29. The Morgan fingerprint density at radius 3 is 1.88 bits per heavy atom. The van der Waals surface area contributed by atoms with Crippen molar-refractivity contribution in [3.63, 3.8) is 0 Å². The van der Waals surface area contributed by atoms with Crippen LogP contribution in [-0.4, -0.2) is 118 Å². The number of carbonyl (C=O) groups is 7. The largest absolute Gasteiger partial charge is 0.508 e. The Balaban J connectivity index is 1.47. The van der Waals surface area contributed by atoms with Crippen molar-refractivity contribution in [3.05, 3.63) is 94.5 Å². The topological polar surface area (TPSA) is 296 Å². The molecule has 0 unspecified atom stereocenters. The number of phenolic OH excluding ortho intramolecular Hbond substituents is 2. The van der Waals surface area contributed by atoms with Gasteiger partial charge in [0.2, 0.25) is 41.4 Å². The zero-order valence-corrected chi connectivity index (χ0v) is 33.8. The van der Waals surface area contributed by atoms with E-state index in [4.69, 9.17) is 11.5 Å². The van der Waals surface area contributed by atoms with E-state index in [-0.39, 0.29) is 43.7 Å². The Kier molecular flexibility index (Phi) is 16.5. The Morgan fingerprint density at radius 2 is 1.32 bits per heavy atom. The Bertz CT molecular complexity index is 2010. The summed E-state index contributed by atoms with van der Waals surface area (Å²) in [5.74, 6) is -5.06. The third kappa shape index (κ3) is 13.0.